The van der Waals surface area contributed by atoms with Crippen LogP contribution in [-0.4, -0.2) is 30.0 Å². The Kier molecular flexibility index (Phi) is 4.56. The van der Waals surface area contributed by atoms with E-state index in [4.69, 9.17) is 0 Å². The number of aromatic nitrogens is 1. The van der Waals surface area contributed by atoms with E-state index in [0.29, 0.717) is 6.42 Å². The number of nitrogens with one attached hydrogen (secondary N) is 1. The van der Waals surface area contributed by atoms with Crippen LogP contribution in [0.1, 0.15) is 32.6 Å². The molecule has 2 rings (SSSR count). The van der Waals surface area contributed by atoms with Crippen LogP contribution in [0.15, 0.2) is 24.4 Å². The molecule has 0 aromatic carbocycles. The summed E-state index contributed by atoms with van der Waals surface area (Å²) in [5.41, 5.74) is 0. The van der Waals surface area contributed by atoms with Crippen molar-refractivity contribution in [2.45, 2.75) is 38.6 Å². The third kappa shape index (κ3) is 3.45. The van der Waals surface area contributed by atoms with E-state index in [-0.39, 0.29) is 11.9 Å². The van der Waals surface area contributed by atoms with Crippen LogP contribution in [-0.2, 0) is 4.79 Å². The summed E-state index contributed by atoms with van der Waals surface area (Å²) in [5, 5.41) is 3.11. The van der Waals surface area contributed by atoms with Crippen LogP contribution in [0.2, 0.25) is 0 Å². The Hall–Kier alpha value is -1.58. The molecule has 98 valence electrons. The maximum atomic E-state index is 11.7. The first-order chi connectivity index (χ1) is 8.79. The summed E-state index contributed by atoms with van der Waals surface area (Å²) in [6, 6.07) is 6.21. The van der Waals surface area contributed by atoms with E-state index >= 15 is 0 Å². The first-order valence-corrected chi connectivity index (χ1v) is 6.75. The molecule has 1 saturated heterocycles. The van der Waals surface area contributed by atoms with Crippen LogP contribution >= 0.6 is 0 Å². The van der Waals surface area contributed by atoms with Crippen LogP contribution in [0, 0.1) is 0 Å². The summed E-state index contributed by atoms with van der Waals surface area (Å²) >= 11 is 0. The minimum absolute atomic E-state index is 0.185. The smallest absolute Gasteiger partial charge is 0.220 e. The molecule has 1 fully saturated rings. The molecule has 0 saturated carbocycles. The van der Waals surface area contributed by atoms with Crippen molar-refractivity contribution in [2.75, 3.05) is 18.0 Å². The fourth-order valence-electron chi connectivity index (χ4n) is 2.26. The van der Waals surface area contributed by atoms with E-state index in [0.717, 1.165) is 38.2 Å². The highest BCUT2D eigenvalue weighted by Gasteiger charge is 2.24. The predicted octanol–water partition coefficient (Wildman–Crippen LogP) is 1.97. The summed E-state index contributed by atoms with van der Waals surface area (Å²) in [6.07, 6.45) is 5.51. The highest BCUT2D eigenvalue weighted by Crippen LogP contribution is 2.17. The lowest BCUT2D eigenvalue weighted by Crippen LogP contribution is -2.37. The summed E-state index contributed by atoms with van der Waals surface area (Å²) in [5.74, 6) is 1.19. The fourth-order valence-corrected chi connectivity index (χ4v) is 2.26. The van der Waals surface area contributed by atoms with Gasteiger partial charge in [-0.3, -0.25) is 4.79 Å². The number of carbonyl (C=O) groups excluding carboxylic acids is 1. The number of carbonyl (C=O) groups is 1. The largest absolute Gasteiger partial charge is 0.354 e. The number of unbranched alkanes of at least 4 members (excludes halogenated alkanes) is 1. The number of rotatable bonds is 5. The molecule has 1 N–H and O–H groups in total. The van der Waals surface area contributed by atoms with Gasteiger partial charge in [0.2, 0.25) is 5.91 Å². The van der Waals surface area contributed by atoms with Gasteiger partial charge in [0, 0.05) is 31.7 Å². The van der Waals surface area contributed by atoms with Gasteiger partial charge >= 0.3 is 0 Å². The van der Waals surface area contributed by atoms with Crippen LogP contribution in [0.5, 0.6) is 0 Å². The number of hydrogen-bond acceptors (Lipinski definition) is 3. The molecule has 1 unspecified atom stereocenters. The van der Waals surface area contributed by atoms with Crippen molar-refractivity contribution in [3.05, 3.63) is 24.4 Å². The molecule has 4 nitrogen and oxygen atoms in total. The molecule has 1 aromatic heterocycles. The van der Waals surface area contributed by atoms with Crippen molar-refractivity contribution in [1.29, 1.82) is 0 Å². The molecule has 0 spiro atoms. The number of pyridine rings is 1. The number of nitrogens with zero attached hydrogens (tertiary/aromatic N) is 2. The molecule has 0 radical (unpaired) electrons. The van der Waals surface area contributed by atoms with E-state index in [1.807, 2.05) is 24.4 Å². The minimum atomic E-state index is 0.185. The van der Waals surface area contributed by atoms with Crippen molar-refractivity contribution in [3.8, 4) is 0 Å². The fraction of sp³-hybridized carbons (Fsp3) is 0.571. The highest BCUT2D eigenvalue weighted by molar-refractivity contribution is 5.76. The molecule has 4 heteroatoms. The Bertz CT molecular complexity index is 380. The minimum Gasteiger partial charge on any atom is -0.354 e. The molecule has 1 amide bonds. The summed E-state index contributed by atoms with van der Waals surface area (Å²) in [6.45, 7) is 3.94. The van der Waals surface area contributed by atoms with Gasteiger partial charge in [-0.2, -0.15) is 0 Å². The third-order valence-electron chi connectivity index (χ3n) is 3.28. The number of hydrogen-bond donors (Lipinski definition) is 1. The molecular formula is C14H21N3O. The molecule has 1 aromatic rings. The normalized spacial score (nSPS) is 18.9. The monoisotopic (exact) mass is 247 g/mol. The van der Waals surface area contributed by atoms with E-state index < -0.39 is 0 Å². The van der Waals surface area contributed by atoms with Crippen molar-refractivity contribution >= 4 is 11.7 Å². The summed E-state index contributed by atoms with van der Waals surface area (Å²) in [7, 11) is 0. The molecule has 18 heavy (non-hydrogen) atoms. The number of amides is 1. The quantitative estimate of drug-likeness (QED) is 0.865. The lowest BCUT2D eigenvalue weighted by Gasteiger charge is -2.17. The standard InChI is InChI=1S/C14H21N3O/c1-2-3-7-14(18)16-12-8-10-17(11-12)13-6-4-5-9-15-13/h4-6,9,12H,2-3,7-8,10-11H2,1H3,(H,16,18). The molecule has 1 aliphatic rings. The lowest BCUT2D eigenvalue weighted by molar-refractivity contribution is -0.121. The first kappa shape index (κ1) is 12.9. The Labute approximate surface area is 108 Å². The summed E-state index contributed by atoms with van der Waals surface area (Å²) in [4.78, 5) is 18.2. The SMILES string of the molecule is CCCCC(=O)NC1CCN(c2ccccn2)C1. The van der Waals surface area contributed by atoms with E-state index in [9.17, 15) is 4.79 Å². The van der Waals surface area contributed by atoms with Gasteiger partial charge in [-0.1, -0.05) is 19.4 Å². The van der Waals surface area contributed by atoms with Crippen LogP contribution < -0.4 is 10.2 Å². The average Bonchev–Trinajstić information content (AvgIpc) is 2.86. The van der Waals surface area contributed by atoms with Gasteiger partial charge < -0.3 is 10.2 Å². The zero-order valence-electron chi connectivity index (χ0n) is 10.9. The van der Waals surface area contributed by atoms with Gasteiger partial charge in [-0.05, 0) is 25.0 Å². The van der Waals surface area contributed by atoms with Crippen molar-refractivity contribution in [2.24, 2.45) is 0 Å². The Morgan fingerprint density at radius 1 is 1.56 bits per heavy atom. The van der Waals surface area contributed by atoms with Crippen LogP contribution in [0.4, 0.5) is 5.82 Å². The van der Waals surface area contributed by atoms with Crippen molar-refractivity contribution in [1.82, 2.24) is 10.3 Å². The molecule has 0 bridgehead atoms. The van der Waals surface area contributed by atoms with E-state index in [1.54, 1.807) is 0 Å². The highest BCUT2D eigenvalue weighted by atomic mass is 16.1. The first-order valence-electron chi connectivity index (χ1n) is 6.75. The number of anilines is 1. The van der Waals surface area contributed by atoms with Gasteiger partial charge in [0.05, 0.1) is 0 Å². The van der Waals surface area contributed by atoms with Crippen LogP contribution in [0.25, 0.3) is 0 Å². The zero-order valence-corrected chi connectivity index (χ0v) is 10.9. The van der Waals surface area contributed by atoms with Gasteiger partial charge in [-0.15, -0.1) is 0 Å². The molecule has 1 atom stereocenters. The Morgan fingerprint density at radius 2 is 2.44 bits per heavy atom. The van der Waals surface area contributed by atoms with Gasteiger partial charge in [0.25, 0.3) is 0 Å². The van der Waals surface area contributed by atoms with Gasteiger partial charge in [0.1, 0.15) is 5.82 Å². The van der Waals surface area contributed by atoms with Crippen molar-refractivity contribution < 1.29 is 4.79 Å². The predicted molar refractivity (Wildman–Crippen MR) is 72.5 cm³/mol. The Morgan fingerprint density at radius 3 is 3.17 bits per heavy atom. The maximum Gasteiger partial charge on any atom is 0.220 e. The molecule has 2 heterocycles. The lowest BCUT2D eigenvalue weighted by atomic mass is 10.2. The summed E-state index contributed by atoms with van der Waals surface area (Å²) < 4.78 is 0. The molecule has 1 aliphatic heterocycles. The van der Waals surface area contributed by atoms with Crippen LogP contribution in [0.3, 0.4) is 0 Å². The second-order valence-corrected chi connectivity index (χ2v) is 4.79. The topological polar surface area (TPSA) is 45.2 Å². The molecular weight excluding hydrogens is 226 g/mol. The molecule has 0 aliphatic carbocycles. The zero-order chi connectivity index (χ0) is 12.8. The second kappa shape index (κ2) is 6.38. The average molecular weight is 247 g/mol. The third-order valence-corrected chi connectivity index (χ3v) is 3.28. The van der Waals surface area contributed by atoms with Crippen molar-refractivity contribution in [3.63, 3.8) is 0 Å². The maximum absolute atomic E-state index is 11.7. The van der Waals surface area contributed by atoms with E-state index in [1.165, 1.54) is 0 Å². The Balaban J connectivity index is 1.80. The van der Waals surface area contributed by atoms with E-state index in [2.05, 4.69) is 22.1 Å². The second-order valence-electron chi connectivity index (χ2n) is 4.79. The van der Waals surface area contributed by atoms with Gasteiger partial charge in [0.15, 0.2) is 0 Å². The van der Waals surface area contributed by atoms with Gasteiger partial charge in [-0.25, -0.2) is 4.98 Å².